The number of benzene rings is 1. The van der Waals surface area contributed by atoms with Crippen molar-refractivity contribution in [3.05, 3.63) is 35.4 Å². The van der Waals surface area contributed by atoms with Gasteiger partial charge in [0.05, 0.1) is 11.2 Å². The molecule has 0 aliphatic carbocycles. The summed E-state index contributed by atoms with van der Waals surface area (Å²) in [6, 6.07) is -2.17. The molecule has 0 bridgehead atoms. The maximum absolute atomic E-state index is 12.2. The minimum atomic E-state index is -4.64. The van der Waals surface area contributed by atoms with Crippen LogP contribution >= 0.6 is 0 Å². The van der Waals surface area contributed by atoms with Crippen LogP contribution in [0.1, 0.15) is 22.1 Å². The summed E-state index contributed by atoms with van der Waals surface area (Å²) >= 11 is 0. The molecule has 0 atom stereocenters. The lowest BCUT2D eigenvalue weighted by molar-refractivity contribution is 0.414. The SMILES string of the molecule is [2H]c1[nH]c2c([2H])c([2H])c(C([2H])([2H])S(=O)(=O)NC)c([2H])c2c1C([2H])([2H])CN(C)C. The Hall–Kier alpha value is -1.37. The normalized spacial score (nSPS) is 19.6. The highest BCUT2D eigenvalue weighted by molar-refractivity contribution is 7.88. The van der Waals surface area contributed by atoms with E-state index in [2.05, 4.69) is 4.98 Å². The maximum Gasteiger partial charge on any atom is 0.215 e. The molecule has 5 nitrogen and oxygen atoms in total. The number of likely N-dealkylation sites (N-methyl/N-ethyl adjacent to an activating group) is 1. The lowest BCUT2D eigenvalue weighted by Gasteiger charge is -2.08. The van der Waals surface area contributed by atoms with E-state index in [-0.39, 0.29) is 23.0 Å². The molecule has 0 aliphatic heterocycles. The molecule has 0 radical (unpaired) electrons. The number of nitrogens with one attached hydrogen (secondary N) is 2. The molecule has 2 aromatic rings. The Balaban J connectivity index is 3.02. The number of fused-ring (bicyclic) bond motifs is 1. The van der Waals surface area contributed by atoms with Crippen LogP contribution in [0.4, 0.5) is 0 Å². The highest BCUT2D eigenvalue weighted by Gasteiger charge is 2.11. The molecule has 0 unspecified atom stereocenters. The minimum absolute atomic E-state index is 0.168. The van der Waals surface area contributed by atoms with Gasteiger partial charge < -0.3 is 9.88 Å². The second-order valence-corrected chi connectivity index (χ2v) is 5.97. The van der Waals surface area contributed by atoms with Gasteiger partial charge in [-0.2, -0.15) is 0 Å². The largest absolute Gasteiger partial charge is 0.361 e. The number of hydrogen-bond acceptors (Lipinski definition) is 3. The van der Waals surface area contributed by atoms with Crippen molar-refractivity contribution in [2.45, 2.75) is 12.1 Å². The van der Waals surface area contributed by atoms with Crippen LogP contribution in [-0.4, -0.2) is 46.0 Å². The van der Waals surface area contributed by atoms with Crippen molar-refractivity contribution in [1.82, 2.24) is 14.6 Å². The van der Waals surface area contributed by atoms with Gasteiger partial charge in [0.1, 0.15) is 0 Å². The topological polar surface area (TPSA) is 65.2 Å². The molecule has 0 amide bonds. The van der Waals surface area contributed by atoms with E-state index in [1.54, 1.807) is 14.1 Å². The van der Waals surface area contributed by atoms with Crippen molar-refractivity contribution in [3.63, 3.8) is 0 Å². The first-order valence-electron chi connectivity index (χ1n) is 9.81. The van der Waals surface area contributed by atoms with E-state index >= 15 is 0 Å². The van der Waals surface area contributed by atoms with Gasteiger partial charge in [0.15, 0.2) is 0 Å². The third kappa shape index (κ3) is 3.59. The Labute approximate surface area is 131 Å². The van der Waals surface area contributed by atoms with Gasteiger partial charge in [0, 0.05) is 29.1 Å². The Bertz CT molecular complexity index is 1030. The van der Waals surface area contributed by atoms with Crippen molar-refractivity contribution in [2.75, 3.05) is 27.7 Å². The highest BCUT2D eigenvalue weighted by Crippen LogP contribution is 2.21. The quantitative estimate of drug-likeness (QED) is 0.846. The number of H-pyrrole nitrogens is 1. The number of sulfonamides is 1. The van der Waals surface area contributed by atoms with Gasteiger partial charge in [-0.1, -0.05) is 6.04 Å². The first-order chi connectivity index (χ1) is 12.6. The highest BCUT2D eigenvalue weighted by atomic mass is 32.2. The number of aromatic nitrogens is 1. The summed E-state index contributed by atoms with van der Waals surface area (Å²) < 4.78 is 91.4. The second kappa shape index (κ2) is 5.95. The summed E-state index contributed by atoms with van der Waals surface area (Å²) in [5.41, 5.74) is -4.56. The summed E-state index contributed by atoms with van der Waals surface area (Å²) in [7, 11) is -0.434. The zero-order valence-electron chi connectivity index (χ0n) is 19.4. The molecule has 0 fully saturated rings. The molecule has 0 saturated heterocycles. The fourth-order valence-electron chi connectivity index (χ4n) is 1.48. The van der Waals surface area contributed by atoms with E-state index in [4.69, 9.17) is 11.0 Å². The Morgan fingerprint density at radius 3 is 2.85 bits per heavy atom. The Morgan fingerprint density at radius 1 is 1.45 bits per heavy atom. The van der Waals surface area contributed by atoms with Crippen molar-refractivity contribution in [3.8, 4) is 0 Å². The van der Waals surface area contributed by atoms with Gasteiger partial charge in [-0.3, -0.25) is 0 Å². The van der Waals surface area contributed by atoms with Crippen LogP contribution in [0.5, 0.6) is 0 Å². The third-order valence-electron chi connectivity index (χ3n) is 2.45. The van der Waals surface area contributed by atoms with Crippen molar-refractivity contribution >= 4 is 20.9 Å². The van der Waals surface area contributed by atoms with Gasteiger partial charge in [0.25, 0.3) is 0 Å². The third-order valence-corrected chi connectivity index (χ3v) is 3.46. The summed E-state index contributed by atoms with van der Waals surface area (Å²) in [6.45, 7) is -0.168. The van der Waals surface area contributed by atoms with Crippen molar-refractivity contribution < 1.29 is 19.4 Å². The van der Waals surface area contributed by atoms with Crippen molar-refractivity contribution in [1.29, 1.82) is 0 Å². The number of aromatic amines is 1. The van der Waals surface area contributed by atoms with Crippen LogP contribution in [0.25, 0.3) is 10.9 Å². The standard InChI is InChI=1S/C14H21N3O2S/c1-15-20(18,19)10-11-4-5-14-13(8-11)12(9-16-14)6-7-17(2)3/h4-5,8-9,15-16H,6-7,10H2,1-3H3/i4D,5D,6D2,8D,9D,10D2. The molecule has 110 valence electrons. The monoisotopic (exact) mass is 303 g/mol. The second-order valence-electron chi connectivity index (χ2n) is 4.35. The molecular weight excluding hydrogens is 274 g/mol. The van der Waals surface area contributed by atoms with E-state index in [0.29, 0.717) is 0 Å². The van der Waals surface area contributed by atoms with Gasteiger partial charge in [-0.05, 0) is 50.7 Å². The predicted molar refractivity (Wildman–Crippen MR) is 82.2 cm³/mol. The van der Waals surface area contributed by atoms with E-state index in [1.807, 2.05) is 4.72 Å². The molecule has 0 spiro atoms. The summed E-state index contributed by atoms with van der Waals surface area (Å²) in [4.78, 5) is 4.00. The summed E-state index contributed by atoms with van der Waals surface area (Å²) in [5, 5.41) is -0.275. The van der Waals surface area contributed by atoms with Gasteiger partial charge >= 0.3 is 0 Å². The zero-order valence-corrected chi connectivity index (χ0v) is 12.2. The maximum atomic E-state index is 12.2. The first kappa shape index (κ1) is 7.59. The Kier molecular flexibility index (Phi) is 2.26. The number of hydrogen-bond donors (Lipinski definition) is 2. The average molecular weight is 303 g/mol. The molecule has 1 heterocycles. The van der Waals surface area contributed by atoms with E-state index in [9.17, 15) is 8.42 Å². The molecule has 20 heavy (non-hydrogen) atoms. The van der Waals surface area contributed by atoms with Crippen LogP contribution in [0.15, 0.2) is 24.3 Å². The molecule has 2 rings (SSSR count). The molecule has 0 saturated carbocycles. The summed E-state index contributed by atoms with van der Waals surface area (Å²) in [5.74, 6) is 0. The molecule has 0 aliphatic rings. The van der Waals surface area contributed by atoms with Crippen LogP contribution in [0, 0.1) is 0 Å². The Morgan fingerprint density at radius 2 is 2.20 bits per heavy atom. The fraction of sp³-hybridized carbons (Fsp3) is 0.429. The van der Waals surface area contributed by atoms with Gasteiger partial charge in [0.2, 0.25) is 10.0 Å². The van der Waals surface area contributed by atoms with E-state index in [1.165, 1.54) is 4.90 Å². The molecule has 1 aromatic heterocycles. The lowest BCUT2D eigenvalue weighted by Crippen LogP contribution is -2.20. The fourth-order valence-corrected chi connectivity index (χ4v) is 1.95. The van der Waals surface area contributed by atoms with Gasteiger partial charge in [-0.15, -0.1) is 0 Å². The molecular formula is C14H21N3O2S. The average Bonchev–Trinajstić information content (AvgIpc) is 2.90. The smallest absolute Gasteiger partial charge is 0.215 e. The van der Waals surface area contributed by atoms with Crippen LogP contribution in [0.2, 0.25) is 0 Å². The molecule has 2 N–H and O–H groups in total. The van der Waals surface area contributed by atoms with E-state index < -0.39 is 52.0 Å². The van der Waals surface area contributed by atoms with Gasteiger partial charge in [-0.25, -0.2) is 13.1 Å². The van der Waals surface area contributed by atoms with Crippen LogP contribution in [-0.2, 0) is 22.1 Å². The molecule has 6 heteroatoms. The first-order valence-corrected chi connectivity index (χ1v) is 7.29. The zero-order chi connectivity index (χ0) is 21.8. The summed E-state index contributed by atoms with van der Waals surface area (Å²) in [6.07, 6.45) is -2.58. The van der Waals surface area contributed by atoms with E-state index in [0.717, 1.165) is 7.05 Å². The minimum Gasteiger partial charge on any atom is -0.361 e. The van der Waals surface area contributed by atoms with Crippen LogP contribution < -0.4 is 4.72 Å². The lowest BCUT2D eigenvalue weighted by atomic mass is 10.1. The molecule has 1 aromatic carbocycles. The van der Waals surface area contributed by atoms with Crippen LogP contribution in [0.3, 0.4) is 0 Å². The number of rotatable bonds is 6. The van der Waals surface area contributed by atoms with Crippen molar-refractivity contribution in [2.24, 2.45) is 0 Å². The predicted octanol–water partition coefficient (Wildman–Crippen LogP) is 1.32. The number of nitrogens with zero attached hydrogens (tertiary/aromatic N) is 1.